The minimum absolute atomic E-state index is 0.0264. The molecule has 0 saturated heterocycles. The molecule has 0 fully saturated rings. The molecule has 1 atom stereocenters. The Morgan fingerprint density at radius 3 is 2.32 bits per heavy atom. The first-order valence-electron chi connectivity index (χ1n) is 11.1. The number of hydrogen-bond donors (Lipinski definition) is 0. The zero-order valence-electron chi connectivity index (χ0n) is 20.2. The summed E-state index contributed by atoms with van der Waals surface area (Å²) in [5.74, 6) is -2.73. The molecule has 3 rings (SSSR count). The van der Waals surface area contributed by atoms with Crippen molar-refractivity contribution in [2.24, 2.45) is 0 Å². The molecule has 208 valence electrons. The Labute approximate surface area is 213 Å². The van der Waals surface area contributed by atoms with Crippen LogP contribution in [0.1, 0.15) is 51.5 Å². The van der Waals surface area contributed by atoms with Gasteiger partial charge in [-0.15, -0.1) is 0 Å². The summed E-state index contributed by atoms with van der Waals surface area (Å²) in [4.78, 5) is 29.9. The zero-order valence-corrected chi connectivity index (χ0v) is 21.1. The topological polar surface area (TPSA) is 103 Å². The molecule has 15 heteroatoms. The lowest BCUT2D eigenvalue weighted by Crippen LogP contribution is -2.38. The SMILES string of the molecule is CCOC(=O)c1cc2c(nc1C(F)(F)F)CCN(C(=O)c1cc(S(C)(=O)=O)ccc1O[C@H](C)C(F)(F)F)C2. The highest BCUT2D eigenvalue weighted by Gasteiger charge is 2.41. The first-order chi connectivity index (χ1) is 17.4. The van der Waals surface area contributed by atoms with Crippen molar-refractivity contribution in [2.75, 3.05) is 19.4 Å². The van der Waals surface area contributed by atoms with Gasteiger partial charge < -0.3 is 14.4 Å². The number of amides is 1. The van der Waals surface area contributed by atoms with Crippen molar-refractivity contribution in [1.29, 1.82) is 0 Å². The highest BCUT2D eigenvalue weighted by atomic mass is 32.2. The number of sulfone groups is 1. The van der Waals surface area contributed by atoms with Gasteiger partial charge in [0.1, 0.15) is 5.75 Å². The van der Waals surface area contributed by atoms with Gasteiger partial charge >= 0.3 is 18.3 Å². The maximum Gasteiger partial charge on any atom is 0.434 e. The molecule has 0 unspecified atom stereocenters. The number of carbonyl (C=O) groups excluding carboxylic acids is 2. The predicted molar refractivity (Wildman–Crippen MR) is 119 cm³/mol. The molecule has 2 aromatic rings. The third-order valence-corrected chi connectivity index (χ3v) is 6.71. The van der Waals surface area contributed by atoms with Crippen LogP contribution in [0.25, 0.3) is 0 Å². The Morgan fingerprint density at radius 1 is 1.11 bits per heavy atom. The number of benzene rings is 1. The number of alkyl halides is 6. The highest BCUT2D eigenvalue weighted by Crippen LogP contribution is 2.35. The van der Waals surface area contributed by atoms with Crippen LogP contribution in [-0.2, 0) is 33.7 Å². The van der Waals surface area contributed by atoms with Crippen molar-refractivity contribution in [2.45, 2.75) is 50.2 Å². The molecule has 0 N–H and O–H groups in total. The fourth-order valence-corrected chi connectivity index (χ4v) is 4.31. The maximum atomic E-state index is 13.5. The molecule has 38 heavy (non-hydrogen) atoms. The van der Waals surface area contributed by atoms with Gasteiger partial charge in [-0.25, -0.2) is 18.2 Å². The van der Waals surface area contributed by atoms with Gasteiger partial charge in [-0.2, -0.15) is 26.3 Å². The van der Waals surface area contributed by atoms with E-state index in [9.17, 15) is 44.3 Å². The van der Waals surface area contributed by atoms with E-state index < -0.39 is 62.7 Å². The fraction of sp³-hybridized carbons (Fsp3) is 0.435. The molecule has 0 radical (unpaired) electrons. The average molecular weight is 568 g/mol. The Kier molecular flexibility index (Phi) is 8.01. The van der Waals surface area contributed by atoms with Crippen LogP contribution in [0.4, 0.5) is 26.3 Å². The number of halogens is 6. The number of pyridine rings is 1. The van der Waals surface area contributed by atoms with Gasteiger partial charge in [0.15, 0.2) is 21.6 Å². The van der Waals surface area contributed by atoms with Crippen molar-refractivity contribution in [3.63, 3.8) is 0 Å². The summed E-state index contributed by atoms with van der Waals surface area (Å²) in [6.07, 6.45) is -11.4. The summed E-state index contributed by atoms with van der Waals surface area (Å²) in [5.41, 5.74) is -2.72. The average Bonchev–Trinajstić information content (AvgIpc) is 2.80. The number of fused-ring (bicyclic) bond motifs is 1. The number of ether oxygens (including phenoxy) is 2. The minimum atomic E-state index is -4.96. The molecule has 1 amide bonds. The van der Waals surface area contributed by atoms with Gasteiger partial charge in [0.25, 0.3) is 5.91 Å². The first-order valence-corrected chi connectivity index (χ1v) is 13.0. The Hall–Kier alpha value is -3.36. The van der Waals surface area contributed by atoms with Crippen LogP contribution in [0.3, 0.4) is 0 Å². The molecule has 8 nitrogen and oxygen atoms in total. The quantitative estimate of drug-likeness (QED) is 0.380. The number of nitrogens with zero attached hydrogens (tertiary/aromatic N) is 2. The number of esters is 1. The summed E-state index contributed by atoms with van der Waals surface area (Å²) in [5, 5.41) is 0. The van der Waals surface area contributed by atoms with Gasteiger partial charge in [-0.05, 0) is 43.7 Å². The van der Waals surface area contributed by atoms with Crippen LogP contribution in [0.5, 0.6) is 5.75 Å². The van der Waals surface area contributed by atoms with Gasteiger partial charge in [-0.1, -0.05) is 0 Å². The molecule has 1 aliphatic rings. The lowest BCUT2D eigenvalue weighted by Gasteiger charge is -2.30. The highest BCUT2D eigenvalue weighted by molar-refractivity contribution is 7.90. The van der Waals surface area contributed by atoms with Crippen LogP contribution < -0.4 is 4.74 Å². The molecule has 1 aromatic carbocycles. The van der Waals surface area contributed by atoms with Gasteiger partial charge in [0.2, 0.25) is 0 Å². The molecular formula is C23H22F6N2O6S. The summed E-state index contributed by atoms with van der Waals surface area (Å²) in [6, 6.07) is 3.71. The summed E-state index contributed by atoms with van der Waals surface area (Å²) in [6.45, 7) is 1.36. The molecular weight excluding hydrogens is 546 g/mol. The predicted octanol–water partition coefficient (Wildman–Crippen LogP) is 4.21. The third kappa shape index (κ3) is 6.37. The number of rotatable bonds is 6. The van der Waals surface area contributed by atoms with E-state index in [4.69, 9.17) is 9.47 Å². The van der Waals surface area contributed by atoms with Crippen molar-refractivity contribution in [1.82, 2.24) is 9.88 Å². The van der Waals surface area contributed by atoms with Crippen molar-refractivity contribution < 1.29 is 53.8 Å². The summed E-state index contributed by atoms with van der Waals surface area (Å²) in [7, 11) is -3.87. The standard InChI is InChI=1S/C23H22F6N2O6S/c1-4-36-21(33)16-9-13-11-31(8-7-17(13)30-19(16)23(27,28)29)20(32)15-10-14(38(3,34)35)5-6-18(15)37-12(2)22(24,25)26/h5-6,9-10,12H,4,7-8,11H2,1-3H3/t12-/m1/s1. The number of aromatic nitrogens is 1. The van der Waals surface area contributed by atoms with Crippen LogP contribution in [0.2, 0.25) is 0 Å². The van der Waals surface area contributed by atoms with Gasteiger partial charge in [0, 0.05) is 31.5 Å². The lowest BCUT2D eigenvalue weighted by molar-refractivity contribution is -0.189. The summed E-state index contributed by atoms with van der Waals surface area (Å²) >= 11 is 0. The normalized spacial score (nSPS) is 15.0. The molecule has 0 aliphatic carbocycles. The third-order valence-electron chi connectivity index (χ3n) is 5.60. The second-order valence-electron chi connectivity index (χ2n) is 8.42. The second kappa shape index (κ2) is 10.4. The monoisotopic (exact) mass is 568 g/mol. The Morgan fingerprint density at radius 2 is 1.76 bits per heavy atom. The number of carbonyl (C=O) groups is 2. The van der Waals surface area contributed by atoms with E-state index in [2.05, 4.69) is 4.98 Å². The number of hydrogen-bond acceptors (Lipinski definition) is 7. The van der Waals surface area contributed by atoms with E-state index in [0.29, 0.717) is 6.92 Å². The van der Waals surface area contributed by atoms with Crippen LogP contribution in [-0.4, -0.2) is 61.9 Å². The van der Waals surface area contributed by atoms with Crippen molar-refractivity contribution >= 4 is 21.7 Å². The van der Waals surface area contributed by atoms with E-state index in [0.717, 1.165) is 35.4 Å². The second-order valence-corrected chi connectivity index (χ2v) is 10.4. The van der Waals surface area contributed by atoms with Crippen molar-refractivity contribution in [3.8, 4) is 5.75 Å². The van der Waals surface area contributed by atoms with Crippen LogP contribution in [0, 0.1) is 0 Å². The first kappa shape index (κ1) is 29.2. The summed E-state index contributed by atoms with van der Waals surface area (Å²) < 4.78 is 114. The van der Waals surface area contributed by atoms with Gasteiger partial charge in [0.05, 0.1) is 22.6 Å². The van der Waals surface area contributed by atoms with E-state index in [1.54, 1.807) is 0 Å². The van der Waals surface area contributed by atoms with Gasteiger partial charge in [-0.3, -0.25) is 4.79 Å². The Balaban J connectivity index is 2.03. The zero-order chi connectivity index (χ0) is 28.6. The Bertz CT molecular complexity index is 1360. The largest absolute Gasteiger partial charge is 0.480 e. The molecule has 0 spiro atoms. The lowest BCUT2D eigenvalue weighted by atomic mass is 10.00. The van der Waals surface area contributed by atoms with Crippen molar-refractivity contribution in [3.05, 3.63) is 52.3 Å². The van der Waals surface area contributed by atoms with E-state index in [1.165, 1.54) is 6.92 Å². The minimum Gasteiger partial charge on any atom is -0.480 e. The van der Waals surface area contributed by atoms with E-state index in [-0.39, 0.29) is 42.3 Å². The molecule has 1 aliphatic heterocycles. The van der Waals surface area contributed by atoms with Crippen LogP contribution in [0.15, 0.2) is 29.2 Å². The van der Waals surface area contributed by atoms with Crippen LogP contribution >= 0.6 is 0 Å². The maximum absolute atomic E-state index is 13.5. The molecule has 1 aromatic heterocycles. The molecule has 0 bridgehead atoms. The fourth-order valence-electron chi connectivity index (χ4n) is 3.66. The van der Waals surface area contributed by atoms with E-state index >= 15 is 0 Å². The molecule has 0 saturated carbocycles. The smallest absolute Gasteiger partial charge is 0.434 e. The van der Waals surface area contributed by atoms with E-state index in [1.807, 2.05) is 0 Å². The molecule has 2 heterocycles.